The Bertz CT molecular complexity index is 1050. The molecule has 2 heterocycles. The molecule has 4 rings (SSSR count). The molecule has 0 bridgehead atoms. The Morgan fingerprint density at radius 1 is 0.933 bits per heavy atom. The third kappa shape index (κ3) is 4.51. The number of nitrogens with one attached hydrogen (secondary N) is 1. The molecule has 1 aliphatic rings. The summed E-state index contributed by atoms with van der Waals surface area (Å²) in [6.07, 6.45) is 1.42. The molecule has 1 N–H and O–H groups in total. The number of amides is 2. The van der Waals surface area contributed by atoms with Crippen molar-refractivity contribution >= 4 is 28.8 Å². The highest BCUT2D eigenvalue weighted by Crippen LogP contribution is 2.31. The Morgan fingerprint density at radius 3 is 2.17 bits per heavy atom. The van der Waals surface area contributed by atoms with Crippen LogP contribution in [0.15, 0.2) is 48.5 Å². The number of nitrogens with zero attached hydrogens (tertiary/aromatic N) is 3. The zero-order valence-electron chi connectivity index (χ0n) is 15.8. The number of anilines is 1. The summed E-state index contributed by atoms with van der Waals surface area (Å²) in [6, 6.07) is 11.0. The van der Waals surface area contributed by atoms with Gasteiger partial charge in [0.15, 0.2) is 0 Å². The number of carbonyl (C=O) groups excluding carboxylic acids is 2. The fourth-order valence-corrected chi connectivity index (χ4v) is 4.22. The predicted octanol–water partition coefficient (Wildman–Crippen LogP) is 4.09. The average Bonchev–Trinajstić information content (AvgIpc) is 3.26. The number of rotatable bonds is 4. The molecule has 2 aromatic carbocycles. The van der Waals surface area contributed by atoms with Crippen molar-refractivity contribution in [2.45, 2.75) is 18.8 Å². The molecule has 1 aliphatic heterocycles. The highest BCUT2D eigenvalue weighted by molar-refractivity contribution is 7.13. The Hall–Kier alpha value is -3.20. The standard InChI is InChI=1S/C21H18F2N4O2S/c22-15-3-1-14(2-4-15)21(29)27-11-9-13(10-12-27)19-25-26-20(30-19)18(28)24-17-7-5-16(23)6-8-17/h1-8,13H,9-12H2,(H,24,28). The molecule has 3 aromatic rings. The summed E-state index contributed by atoms with van der Waals surface area (Å²) >= 11 is 1.22. The van der Waals surface area contributed by atoms with E-state index in [9.17, 15) is 18.4 Å². The van der Waals surface area contributed by atoms with Crippen LogP contribution in [0.3, 0.4) is 0 Å². The van der Waals surface area contributed by atoms with Gasteiger partial charge in [0.05, 0.1) is 0 Å². The van der Waals surface area contributed by atoms with E-state index in [0.29, 0.717) is 37.2 Å². The molecule has 9 heteroatoms. The molecule has 154 valence electrons. The summed E-state index contributed by atoms with van der Waals surface area (Å²) in [7, 11) is 0. The second kappa shape index (κ2) is 8.66. The second-order valence-corrected chi connectivity index (χ2v) is 7.99. The van der Waals surface area contributed by atoms with Crippen molar-refractivity contribution in [3.05, 3.63) is 75.7 Å². The molecule has 1 saturated heterocycles. The van der Waals surface area contributed by atoms with E-state index in [1.807, 2.05) is 0 Å². The molecule has 6 nitrogen and oxygen atoms in total. The summed E-state index contributed by atoms with van der Waals surface area (Å²) in [5.41, 5.74) is 0.941. The number of likely N-dealkylation sites (tertiary alicyclic amines) is 1. The molecule has 0 unspecified atom stereocenters. The minimum absolute atomic E-state index is 0.118. The number of hydrogen-bond donors (Lipinski definition) is 1. The zero-order valence-corrected chi connectivity index (χ0v) is 16.7. The predicted molar refractivity (Wildman–Crippen MR) is 109 cm³/mol. The third-order valence-electron chi connectivity index (χ3n) is 4.96. The number of halogens is 2. The average molecular weight is 428 g/mol. The van der Waals surface area contributed by atoms with Crippen molar-refractivity contribution in [3.8, 4) is 0 Å². The van der Waals surface area contributed by atoms with Gasteiger partial charge in [-0.3, -0.25) is 9.59 Å². The molecular formula is C21H18F2N4O2S. The topological polar surface area (TPSA) is 75.2 Å². The molecule has 0 radical (unpaired) electrons. The van der Waals surface area contributed by atoms with Gasteiger partial charge in [0, 0.05) is 30.3 Å². The minimum Gasteiger partial charge on any atom is -0.339 e. The Kier molecular flexibility index (Phi) is 5.80. The van der Waals surface area contributed by atoms with Crippen molar-refractivity contribution in [3.63, 3.8) is 0 Å². The first-order valence-corrected chi connectivity index (χ1v) is 10.3. The van der Waals surface area contributed by atoms with Crippen LogP contribution in [-0.2, 0) is 0 Å². The quantitative estimate of drug-likeness (QED) is 0.679. The van der Waals surface area contributed by atoms with Crippen molar-refractivity contribution in [1.29, 1.82) is 0 Å². The maximum absolute atomic E-state index is 13.0. The molecule has 2 amide bonds. The second-order valence-electron chi connectivity index (χ2n) is 6.98. The minimum atomic E-state index is -0.394. The summed E-state index contributed by atoms with van der Waals surface area (Å²) in [5.74, 6) is -1.15. The fraction of sp³-hybridized carbons (Fsp3) is 0.238. The fourth-order valence-electron chi connectivity index (χ4n) is 3.31. The Morgan fingerprint density at radius 2 is 1.53 bits per heavy atom. The van der Waals surface area contributed by atoms with Gasteiger partial charge < -0.3 is 10.2 Å². The van der Waals surface area contributed by atoms with Crippen LogP contribution in [0.4, 0.5) is 14.5 Å². The monoisotopic (exact) mass is 428 g/mol. The number of benzene rings is 2. The number of hydrogen-bond acceptors (Lipinski definition) is 5. The summed E-state index contributed by atoms with van der Waals surface area (Å²) < 4.78 is 26.0. The van der Waals surface area contributed by atoms with Crippen LogP contribution in [0.2, 0.25) is 0 Å². The van der Waals surface area contributed by atoms with Gasteiger partial charge in [-0.05, 0) is 61.4 Å². The first kappa shape index (κ1) is 20.1. The van der Waals surface area contributed by atoms with Crippen LogP contribution in [0.1, 0.15) is 43.9 Å². The van der Waals surface area contributed by atoms with E-state index in [-0.39, 0.29) is 28.5 Å². The van der Waals surface area contributed by atoms with Crippen LogP contribution < -0.4 is 5.32 Å². The number of carbonyl (C=O) groups is 2. The van der Waals surface area contributed by atoms with E-state index in [0.717, 1.165) is 5.01 Å². The van der Waals surface area contributed by atoms with Crippen LogP contribution in [0.5, 0.6) is 0 Å². The molecule has 30 heavy (non-hydrogen) atoms. The van der Waals surface area contributed by atoms with Gasteiger partial charge in [-0.15, -0.1) is 10.2 Å². The Labute approximate surface area is 175 Å². The maximum Gasteiger partial charge on any atom is 0.286 e. The summed E-state index contributed by atoms with van der Waals surface area (Å²) in [6.45, 7) is 1.11. The van der Waals surface area contributed by atoms with Gasteiger partial charge in [0.2, 0.25) is 5.01 Å². The first-order chi connectivity index (χ1) is 14.5. The maximum atomic E-state index is 13.0. The zero-order chi connectivity index (χ0) is 21.1. The molecule has 1 aromatic heterocycles. The van der Waals surface area contributed by atoms with Crippen LogP contribution >= 0.6 is 11.3 Å². The highest BCUT2D eigenvalue weighted by atomic mass is 32.1. The largest absolute Gasteiger partial charge is 0.339 e. The molecular weight excluding hydrogens is 410 g/mol. The number of piperidine rings is 1. The van der Waals surface area contributed by atoms with Crippen LogP contribution in [0, 0.1) is 11.6 Å². The van der Waals surface area contributed by atoms with Crippen LogP contribution in [-0.4, -0.2) is 40.0 Å². The van der Waals surface area contributed by atoms with E-state index in [4.69, 9.17) is 0 Å². The van der Waals surface area contributed by atoms with E-state index < -0.39 is 5.91 Å². The smallest absolute Gasteiger partial charge is 0.286 e. The lowest BCUT2D eigenvalue weighted by atomic mass is 9.97. The van der Waals surface area contributed by atoms with Crippen molar-refractivity contribution in [1.82, 2.24) is 15.1 Å². The molecule has 0 spiro atoms. The third-order valence-corrected chi connectivity index (χ3v) is 6.04. The lowest BCUT2D eigenvalue weighted by Gasteiger charge is -2.31. The number of aromatic nitrogens is 2. The summed E-state index contributed by atoms with van der Waals surface area (Å²) in [5, 5.41) is 11.8. The van der Waals surface area contributed by atoms with Gasteiger partial charge in [0.1, 0.15) is 16.6 Å². The molecule has 0 aliphatic carbocycles. The lowest BCUT2D eigenvalue weighted by molar-refractivity contribution is 0.0712. The van der Waals surface area contributed by atoms with Gasteiger partial charge >= 0.3 is 0 Å². The van der Waals surface area contributed by atoms with Gasteiger partial charge in [0.25, 0.3) is 11.8 Å². The van der Waals surface area contributed by atoms with E-state index in [1.54, 1.807) is 4.90 Å². The van der Waals surface area contributed by atoms with Crippen molar-refractivity contribution in [2.24, 2.45) is 0 Å². The lowest BCUT2D eigenvalue weighted by Crippen LogP contribution is -2.37. The van der Waals surface area contributed by atoms with Crippen molar-refractivity contribution in [2.75, 3.05) is 18.4 Å². The first-order valence-electron chi connectivity index (χ1n) is 9.45. The van der Waals surface area contributed by atoms with E-state index >= 15 is 0 Å². The van der Waals surface area contributed by atoms with Gasteiger partial charge in [-0.1, -0.05) is 11.3 Å². The molecule has 0 atom stereocenters. The normalized spacial score (nSPS) is 14.5. The molecule has 0 saturated carbocycles. The summed E-state index contributed by atoms with van der Waals surface area (Å²) in [4.78, 5) is 26.6. The van der Waals surface area contributed by atoms with Gasteiger partial charge in [-0.25, -0.2) is 8.78 Å². The van der Waals surface area contributed by atoms with Gasteiger partial charge in [-0.2, -0.15) is 0 Å². The highest BCUT2D eigenvalue weighted by Gasteiger charge is 2.27. The SMILES string of the molecule is O=C(Nc1ccc(F)cc1)c1nnc(C2CCN(C(=O)c3ccc(F)cc3)CC2)s1. The van der Waals surface area contributed by atoms with Crippen LogP contribution in [0.25, 0.3) is 0 Å². The van der Waals surface area contributed by atoms with E-state index in [2.05, 4.69) is 15.5 Å². The Balaban J connectivity index is 1.34. The van der Waals surface area contributed by atoms with E-state index in [1.165, 1.54) is 59.9 Å². The van der Waals surface area contributed by atoms with Crippen molar-refractivity contribution < 1.29 is 18.4 Å². The molecule has 1 fully saturated rings.